The van der Waals surface area contributed by atoms with Crippen LogP contribution in [0.5, 0.6) is 0 Å². The lowest BCUT2D eigenvalue weighted by atomic mass is 10.2. The third-order valence-electron chi connectivity index (χ3n) is 2.79. The highest BCUT2D eigenvalue weighted by atomic mass is 16.5. The Kier molecular flexibility index (Phi) is 4.59. The molecule has 0 aliphatic carbocycles. The number of ether oxygens (including phenoxy) is 2. The van der Waals surface area contributed by atoms with Crippen LogP contribution in [0.3, 0.4) is 0 Å². The molecule has 1 aromatic carbocycles. The fourth-order valence-electron chi connectivity index (χ4n) is 1.81. The van der Waals surface area contributed by atoms with E-state index < -0.39 is 0 Å². The Labute approximate surface area is 103 Å². The van der Waals surface area contributed by atoms with Crippen LogP contribution in [-0.2, 0) is 16.1 Å². The molecule has 1 heterocycles. The molecule has 3 nitrogen and oxygen atoms in total. The van der Waals surface area contributed by atoms with Crippen molar-refractivity contribution in [3.8, 4) is 0 Å². The van der Waals surface area contributed by atoms with E-state index in [2.05, 4.69) is 23.6 Å². The lowest BCUT2D eigenvalue weighted by molar-refractivity contribution is 0.0333. The van der Waals surface area contributed by atoms with Gasteiger partial charge in [-0.2, -0.15) is 0 Å². The lowest BCUT2D eigenvalue weighted by Gasteiger charge is -2.27. The van der Waals surface area contributed by atoms with Gasteiger partial charge in [-0.15, -0.1) is 0 Å². The highest BCUT2D eigenvalue weighted by Crippen LogP contribution is 2.07. The molecule has 0 bridgehead atoms. The number of nitrogens with zero attached hydrogens (tertiary/aromatic N) is 1. The topological polar surface area (TPSA) is 21.7 Å². The van der Waals surface area contributed by atoms with E-state index >= 15 is 0 Å². The van der Waals surface area contributed by atoms with Crippen LogP contribution in [0.2, 0.25) is 0 Å². The molecule has 92 valence electrons. The molecule has 3 heteroatoms. The molecule has 1 fully saturated rings. The van der Waals surface area contributed by atoms with Crippen LogP contribution in [-0.4, -0.2) is 37.7 Å². The van der Waals surface area contributed by atoms with Crippen molar-refractivity contribution in [2.24, 2.45) is 0 Å². The van der Waals surface area contributed by atoms with Crippen LogP contribution in [0.25, 0.3) is 0 Å². The molecule has 0 amide bonds. The minimum Gasteiger partial charge on any atom is -0.493 e. The Hall–Kier alpha value is -1.32. The molecular formula is C14H19NO2. The predicted octanol–water partition coefficient (Wildman–Crippen LogP) is 2.05. The highest BCUT2D eigenvalue weighted by molar-refractivity contribution is 5.13. The zero-order chi connectivity index (χ0) is 11.9. The normalized spacial score (nSPS) is 16.7. The van der Waals surface area contributed by atoms with E-state index in [0.717, 1.165) is 38.6 Å². The smallest absolute Gasteiger partial charge is 0.113 e. The molecule has 1 saturated heterocycles. The first-order chi connectivity index (χ1) is 8.34. The number of hydrogen-bond donors (Lipinski definition) is 0. The summed E-state index contributed by atoms with van der Waals surface area (Å²) in [5.41, 5.74) is 1.18. The van der Waals surface area contributed by atoms with Crippen molar-refractivity contribution in [1.82, 2.24) is 4.90 Å². The summed E-state index contributed by atoms with van der Waals surface area (Å²) in [5.74, 6) is 0.829. The van der Waals surface area contributed by atoms with Crippen LogP contribution >= 0.6 is 0 Å². The fourth-order valence-corrected chi connectivity index (χ4v) is 1.81. The maximum atomic E-state index is 5.65. The lowest BCUT2D eigenvalue weighted by Crippen LogP contribution is -2.37. The van der Waals surface area contributed by atoms with E-state index in [9.17, 15) is 0 Å². The second kappa shape index (κ2) is 6.42. The van der Waals surface area contributed by atoms with E-state index in [1.54, 1.807) is 0 Å². The third-order valence-corrected chi connectivity index (χ3v) is 2.79. The van der Waals surface area contributed by atoms with E-state index in [1.807, 2.05) is 18.2 Å². The number of hydrogen-bond acceptors (Lipinski definition) is 3. The number of rotatable bonds is 5. The van der Waals surface area contributed by atoms with Gasteiger partial charge in [-0.25, -0.2) is 0 Å². The van der Waals surface area contributed by atoms with E-state index in [1.165, 1.54) is 5.56 Å². The SMILES string of the molecule is C=C(CN1CCOCC1)OCc1ccccc1. The summed E-state index contributed by atoms with van der Waals surface area (Å²) in [6.45, 7) is 8.92. The van der Waals surface area contributed by atoms with Crippen LogP contribution in [0.15, 0.2) is 42.7 Å². The molecule has 1 aliphatic rings. The second-order valence-electron chi connectivity index (χ2n) is 4.20. The third kappa shape index (κ3) is 4.21. The zero-order valence-electron chi connectivity index (χ0n) is 10.1. The summed E-state index contributed by atoms with van der Waals surface area (Å²) >= 11 is 0. The number of benzene rings is 1. The first kappa shape index (κ1) is 12.1. The van der Waals surface area contributed by atoms with Crippen LogP contribution in [0, 0.1) is 0 Å². The van der Waals surface area contributed by atoms with Crippen molar-refractivity contribution < 1.29 is 9.47 Å². The van der Waals surface area contributed by atoms with Crippen LogP contribution in [0.1, 0.15) is 5.56 Å². The van der Waals surface area contributed by atoms with Gasteiger partial charge in [-0.1, -0.05) is 36.9 Å². The minimum atomic E-state index is 0.601. The summed E-state index contributed by atoms with van der Waals surface area (Å²) in [6, 6.07) is 10.2. The van der Waals surface area contributed by atoms with Gasteiger partial charge in [0.05, 0.1) is 19.8 Å². The highest BCUT2D eigenvalue weighted by Gasteiger charge is 2.11. The molecule has 0 aromatic heterocycles. The molecule has 2 rings (SSSR count). The Morgan fingerprint density at radius 3 is 2.65 bits per heavy atom. The maximum absolute atomic E-state index is 5.65. The second-order valence-corrected chi connectivity index (χ2v) is 4.20. The quantitative estimate of drug-likeness (QED) is 0.727. The summed E-state index contributed by atoms with van der Waals surface area (Å²) in [6.07, 6.45) is 0. The molecule has 0 radical (unpaired) electrons. The van der Waals surface area contributed by atoms with Gasteiger partial charge in [-0.3, -0.25) is 4.90 Å². The monoisotopic (exact) mass is 233 g/mol. The molecule has 1 aliphatic heterocycles. The van der Waals surface area contributed by atoms with Crippen LogP contribution < -0.4 is 0 Å². The summed E-state index contributed by atoms with van der Waals surface area (Å²) in [7, 11) is 0. The Morgan fingerprint density at radius 2 is 1.94 bits per heavy atom. The van der Waals surface area contributed by atoms with E-state index in [-0.39, 0.29) is 0 Å². The fraction of sp³-hybridized carbons (Fsp3) is 0.429. The molecule has 0 N–H and O–H groups in total. The van der Waals surface area contributed by atoms with E-state index in [0.29, 0.717) is 6.61 Å². The van der Waals surface area contributed by atoms with Gasteiger partial charge >= 0.3 is 0 Å². The Morgan fingerprint density at radius 1 is 1.24 bits per heavy atom. The van der Waals surface area contributed by atoms with Crippen molar-refractivity contribution in [1.29, 1.82) is 0 Å². The summed E-state index contributed by atoms with van der Waals surface area (Å²) in [5, 5.41) is 0. The molecule has 0 unspecified atom stereocenters. The first-order valence-electron chi connectivity index (χ1n) is 5.99. The number of morpholine rings is 1. The zero-order valence-corrected chi connectivity index (χ0v) is 10.1. The van der Waals surface area contributed by atoms with Crippen molar-refractivity contribution in [3.63, 3.8) is 0 Å². The Bertz CT molecular complexity index is 344. The van der Waals surface area contributed by atoms with Gasteiger partial charge in [0.1, 0.15) is 12.4 Å². The molecule has 1 aromatic rings. The van der Waals surface area contributed by atoms with Gasteiger partial charge in [-0.05, 0) is 5.56 Å². The minimum absolute atomic E-state index is 0.601. The molecule has 0 atom stereocenters. The van der Waals surface area contributed by atoms with Gasteiger partial charge in [0.2, 0.25) is 0 Å². The van der Waals surface area contributed by atoms with Crippen molar-refractivity contribution in [3.05, 3.63) is 48.2 Å². The van der Waals surface area contributed by atoms with Gasteiger partial charge in [0, 0.05) is 13.1 Å². The van der Waals surface area contributed by atoms with E-state index in [4.69, 9.17) is 9.47 Å². The van der Waals surface area contributed by atoms with Crippen molar-refractivity contribution in [2.75, 3.05) is 32.8 Å². The standard InChI is InChI=1S/C14H19NO2/c1-13(11-15-7-9-16-10-8-15)17-12-14-5-3-2-4-6-14/h2-6H,1,7-12H2. The molecule has 0 saturated carbocycles. The molecule has 0 spiro atoms. The van der Waals surface area contributed by atoms with Crippen molar-refractivity contribution >= 4 is 0 Å². The summed E-state index contributed by atoms with van der Waals surface area (Å²) < 4.78 is 11.0. The molecule has 17 heavy (non-hydrogen) atoms. The Balaban J connectivity index is 1.70. The molecular weight excluding hydrogens is 214 g/mol. The van der Waals surface area contributed by atoms with Gasteiger partial charge < -0.3 is 9.47 Å². The maximum Gasteiger partial charge on any atom is 0.113 e. The first-order valence-corrected chi connectivity index (χ1v) is 5.99. The largest absolute Gasteiger partial charge is 0.493 e. The average Bonchev–Trinajstić information content (AvgIpc) is 2.39. The summed E-state index contributed by atoms with van der Waals surface area (Å²) in [4.78, 5) is 2.30. The van der Waals surface area contributed by atoms with Crippen LogP contribution in [0.4, 0.5) is 0 Å². The average molecular weight is 233 g/mol. The van der Waals surface area contributed by atoms with Crippen molar-refractivity contribution in [2.45, 2.75) is 6.61 Å². The van der Waals surface area contributed by atoms with Gasteiger partial charge in [0.25, 0.3) is 0 Å². The van der Waals surface area contributed by atoms with Gasteiger partial charge in [0.15, 0.2) is 0 Å². The predicted molar refractivity (Wildman–Crippen MR) is 67.6 cm³/mol.